The normalized spacial score (nSPS) is 28.0. The predicted molar refractivity (Wildman–Crippen MR) is 356 cm³/mol. The molecule has 3 rings (SSSR count). The average Bonchev–Trinajstić information content (AvgIpc) is 0.888. The Balaban J connectivity index is 1.37. The number of nitrogens with one attached hydrogen (secondary N) is 1. The molecule has 0 saturated carbocycles. The Morgan fingerprint density at radius 1 is 0.385 bits per heavy atom. The number of rotatable bonds is 57. The SMILES string of the molecule is CCCCCCC/C=C/CC/C=C/CC/C=C/C(O)C(COC1OC(CO)C(OC2OC(CO)C(OC3OC(CO)C(O)C(O)C3O)C(O)C2O)C(O)C1O)NC(=O)CCCCCCCCCCCCCCCCCCCCCCCCCCCCCCCCC. The van der Waals surface area contributed by atoms with Crippen LogP contribution in [-0.2, 0) is 33.2 Å². The first kappa shape index (κ1) is 83.2. The van der Waals surface area contributed by atoms with Gasteiger partial charge < -0.3 is 89.9 Å². The van der Waals surface area contributed by atoms with Crippen molar-refractivity contribution in [1.29, 1.82) is 0 Å². The zero-order valence-electron chi connectivity index (χ0n) is 56.6. The van der Waals surface area contributed by atoms with Gasteiger partial charge in [0.15, 0.2) is 18.9 Å². The lowest BCUT2D eigenvalue weighted by Crippen LogP contribution is -2.66. The highest BCUT2D eigenvalue weighted by atomic mass is 16.8. The molecule has 91 heavy (non-hydrogen) atoms. The van der Waals surface area contributed by atoms with Crippen LogP contribution in [0, 0.1) is 0 Å². The summed E-state index contributed by atoms with van der Waals surface area (Å²) in [6.07, 6.45) is 37.2. The minimum absolute atomic E-state index is 0.236. The molecule has 0 spiro atoms. The molecule has 0 aliphatic carbocycles. The van der Waals surface area contributed by atoms with Crippen LogP contribution < -0.4 is 5.32 Å². The first-order chi connectivity index (χ1) is 44.3. The first-order valence-corrected chi connectivity index (χ1v) is 36.7. The van der Waals surface area contributed by atoms with Crippen LogP contribution in [0.3, 0.4) is 0 Å². The fourth-order valence-electron chi connectivity index (χ4n) is 12.5. The average molecular weight is 1300 g/mol. The molecule has 17 unspecified atom stereocenters. The molecule has 0 aromatic rings. The Kier molecular flexibility index (Phi) is 49.5. The third-order valence-corrected chi connectivity index (χ3v) is 18.4. The quantitative estimate of drug-likeness (QED) is 0.0199. The van der Waals surface area contributed by atoms with E-state index >= 15 is 0 Å². The number of aliphatic hydroxyl groups is 11. The monoisotopic (exact) mass is 1300 g/mol. The van der Waals surface area contributed by atoms with Crippen LogP contribution in [0.4, 0.5) is 0 Å². The van der Waals surface area contributed by atoms with E-state index in [0.717, 1.165) is 44.9 Å². The molecule has 19 heteroatoms. The molecule has 19 nitrogen and oxygen atoms in total. The Morgan fingerprint density at radius 3 is 1.10 bits per heavy atom. The van der Waals surface area contributed by atoms with Gasteiger partial charge in [-0.3, -0.25) is 4.79 Å². The van der Waals surface area contributed by atoms with Crippen molar-refractivity contribution in [2.45, 2.75) is 388 Å². The van der Waals surface area contributed by atoms with Gasteiger partial charge in [0.1, 0.15) is 73.2 Å². The van der Waals surface area contributed by atoms with E-state index in [9.17, 15) is 61.0 Å². The topological polar surface area (TPSA) is 307 Å². The fourth-order valence-corrected chi connectivity index (χ4v) is 12.5. The van der Waals surface area contributed by atoms with Gasteiger partial charge in [-0.15, -0.1) is 0 Å². The summed E-state index contributed by atoms with van der Waals surface area (Å²) in [7, 11) is 0. The summed E-state index contributed by atoms with van der Waals surface area (Å²) in [5, 5.41) is 120. The van der Waals surface area contributed by atoms with Crippen molar-refractivity contribution in [1.82, 2.24) is 5.32 Å². The van der Waals surface area contributed by atoms with E-state index in [-0.39, 0.29) is 18.9 Å². The molecule has 3 saturated heterocycles. The minimum Gasteiger partial charge on any atom is -0.394 e. The Labute approximate surface area is 549 Å². The van der Waals surface area contributed by atoms with E-state index in [2.05, 4.69) is 43.5 Å². The van der Waals surface area contributed by atoms with E-state index in [0.29, 0.717) is 12.8 Å². The van der Waals surface area contributed by atoms with Crippen LogP contribution in [0.5, 0.6) is 0 Å². The number of carbonyl (C=O) groups is 1. The number of ether oxygens (including phenoxy) is 6. The second-order valence-corrected chi connectivity index (χ2v) is 26.4. The van der Waals surface area contributed by atoms with Crippen LogP contribution in [0.2, 0.25) is 0 Å². The Hall–Kier alpha value is -1.99. The van der Waals surface area contributed by atoms with Crippen LogP contribution in [-0.4, -0.2) is 193 Å². The molecule has 3 aliphatic heterocycles. The predicted octanol–water partition coefficient (Wildman–Crippen LogP) is 10.4. The molecular weight excluding hydrogens is 1170 g/mol. The van der Waals surface area contributed by atoms with Gasteiger partial charge >= 0.3 is 0 Å². The largest absolute Gasteiger partial charge is 0.394 e. The van der Waals surface area contributed by atoms with Crippen molar-refractivity contribution in [3.05, 3.63) is 36.5 Å². The number of aliphatic hydroxyl groups excluding tert-OH is 11. The smallest absolute Gasteiger partial charge is 0.220 e. The van der Waals surface area contributed by atoms with Gasteiger partial charge in [-0.2, -0.15) is 0 Å². The summed E-state index contributed by atoms with van der Waals surface area (Å²) in [4.78, 5) is 13.4. The molecule has 17 atom stereocenters. The highest BCUT2D eigenvalue weighted by molar-refractivity contribution is 5.76. The molecule has 0 bridgehead atoms. The molecule has 3 fully saturated rings. The van der Waals surface area contributed by atoms with Gasteiger partial charge in [-0.05, 0) is 44.9 Å². The second kappa shape index (κ2) is 54.1. The summed E-state index contributed by atoms with van der Waals surface area (Å²) in [6.45, 7) is 1.71. The van der Waals surface area contributed by atoms with Crippen LogP contribution in [0.15, 0.2) is 36.5 Å². The van der Waals surface area contributed by atoms with Crippen molar-refractivity contribution >= 4 is 5.91 Å². The molecule has 0 aromatic carbocycles. The molecule has 0 radical (unpaired) electrons. The molecule has 0 aromatic heterocycles. The number of hydrogen-bond acceptors (Lipinski definition) is 18. The van der Waals surface area contributed by atoms with Crippen molar-refractivity contribution < 1.29 is 89.4 Å². The van der Waals surface area contributed by atoms with Crippen molar-refractivity contribution in [3.63, 3.8) is 0 Å². The van der Waals surface area contributed by atoms with Gasteiger partial charge in [-0.25, -0.2) is 0 Å². The second-order valence-electron chi connectivity index (χ2n) is 26.4. The van der Waals surface area contributed by atoms with E-state index in [1.807, 2.05) is 6.08 Å². The van der Waals surface area contributed by atoms with E-state index in [1.165, 1.54) is 205 Å². The maximum absolute atomic E-state index is 13.4. The van der Waals surface area contributed by atoms with Crippen molar-refractivity contribution in [2.24, 2.45) is 0 Å². The van der Waals surface area contributed by atoms with Gasteiger partial charge in [0.25, 0.3) is 0 Å². The number of amides is 1. The van der Waals surface area contributed by atoms with Crippen molar-refractivity contribution in [2.75, 3.05) is 26.4 Å². The van der Waals surface area contributed by atoms with Crippen LogP contribution in [0.1, 0.15) is 284 Å². The summed E-state index contributed by atoms with van der Waals surface area (Å²) in [5.41, 5.74) is 0. The van der Waals surface area contributed by atoms with Gasteiger partial charge in [0.2, 0.25) is 5.91 Å². The fraction of sp³-hybridized carbons (Fsp3) is 0.903. The van der Waals surface area contributed by atoms with Crippen LogP contribution in [0.25, 0.3) is 0 Å². The van der Waals surface area contributed by atoms with Gasteiger partial charge in [-0.1, -0.05) is 269 Å². The van der Waals surface area contributed by atoms with Crippen LogP contribution >= 0.6 is 0 Å². The lowest BCUT2D eigenvalue weighted by molar-refractivity contribution is -0.379. The van der Waals surface area contributed by atoms with Crippen molar-refractivity contribution in [3.8, 4) is 0 Å². The Bertz CT molecular complexity index is 1790. The molecular formula is C72H133NO18. The number of unbranched alkanes of at least 4 members (excludes halogenated alkanes) is 37. The highest BCUT2D eigenvalue weighted by Gasteiger charge is 2.53. The third kappa shape index (κ3) is 35.7. The summed E-state index contributed by atoms with van der Waals surface area (Å²) in [6, 6.07) is -0.994. The molecule has 3 aliphatic rings. The maximum Gasteiger partial charge on any atom is 0.220 e. The molecule has 534 valence electrons. The summed E-state index contributed by atoms with van der Waals surface area (Å²) in [5.74, 6) is -0.285. The number of allylic oxidation sites excluding steroid dienone is 5. The minimum atomic E-state index is -1.98. The van der Waals surface area contributed by atoms with E-state index < -0.39 is 124 Å². The maximum atomic E-state index is 13.4. The van der Waals surface area contributed by atoms with E-state index in [1.54, 1.807) is 6.08 Å². The first-order valence-electron chi connectivity index (χ1n) is 36.7. The standard InChI is InChI=1S/C72H133NO18/c1-3-5-7-9-11-13-15-17-19-20-21-22-23-24-25-26-27-28-29-30-31-32-33-34-36-38-40-42-44-46-48-50-60(78)73-55(56(77)49-47-45-43-41-39-37-35-18-16-14-12-10-8-6-4-2)54-86-70-66(84)63(81)68(58(52-75)88-70)91-72-67(85)64(82)69(59(53-76)89-72)90-71-65(83)62(80)61(79)57(51-74)87-71/h16,18,39,41,47,49,55-59,61-72,74-77,79-85H,3-15,17,19-38,40,42-46,48,50-54H2,1-2H3,(H,73,78)/b18-16+,41-39+,49-47+. The lowest BCUT2D eigenvalue weighted by atomic mass is 9.96. The summed E-state index contributed by atoms with van der Waals surface area (Å²) < 4.78 is 34.3. The summed E-state index contributed by atoms with van der Waals surface area (Å²) >= 11 is 0. The lowest BCUT2D eigenvalue weighted by Gasteiger charge is -2.48. The zero-order chi connectivity index (χ0) is 66.1. The highest BCUT2D eigenvalue weighted by Crippen LogP contribution is 2.33. The molecule has 12 N–H and O–H groups in total. The molecule has 1 amide bonds. The molecule has 3 heterocycles. The third-order valence-electron chi connectivity index (χ3n) is 18.4. The number of hydrogen-bond donors (Lipinski definition) is 12. The Morgan fingerprint density at radius 2 is 0.703 bits per heavy atom. The number of carbonyl (C=O) groups excluding carboxylic acids is 1. The van der Waals surface area contributed by atoms with E-state index in [4.69, 9.17) is 28.4 Å². The van der Waals surface area contributed by atoms with Gasteiger partial charge in [0, 0.05) is 6.42 Å². The van der Waals surface area contributed by atoms with Gasteiger partial charge in [0.05, 0.1) is 38.6 Å². The zero-order valence-corrected chi connectivity index (χ0v) is 56.6.